The quantitative estimate of drug-likeness (QED) is 0.777. The van der Waals surface area contributed by atoms with Crippen LogP contribution in [0.2, 0.25) is 5.02 Å². The minimum absolute atomic E-state index is 0.0289. The molecule has 1 fully saturated rings. The van der Waals surface area contributed by atoms with Crippen LogP contribution in [0.25, 0.3) is 0 Å². The van der Waals surface area contributed by atoms with Crippen LogP contribution in [0, 0.1) is 19.8 Å². The van der Waals surface area contributed by atoms with Crippen LogP contribution in [-0.2, 0) is 4.79 Å². The SMILES string of the molecule is Cc1cccc(NC(=O)C[NH+]2CCC(C(=O)c3ccc(Cl)cc3)CC2)c1C. The first-order valence-corrected chi connectivity index (χ1v) is 9.81. The Balaban J connectivity index is 1.50. The van der Waals surface area contributed by atoms with Crippen LogP contribution in [0.15, 0.2) is 42.5 Å². The third-order valence-corrected chi connectivity index (χ3v) is 5.73. The molecule has 0 atom stereocenters. The molecule has 0 spiro atoms. The molecule has 4 nitrogen and oxygen atoms in total. The predicted molar refractivity (Wildman–Crippen MR) is 109 cm³/mol. The standard InChI is InChI=1S/C22H25ClN2O2/c1-15-4-3-5-20(16(15)2)24-21(26)14-25-12-10-18(11-13-25)22(27)17-6-8-19(23)9-7-17/h3-9,18H,10-14H2,1-2H3,(H,24,26)/p+1. The van der Waals surface area contributed by atoms with E-state index in [0.717, 1.165) is 42.7 Å². The van der Waals surface area contributed by atoms with Crippen molar-refractivity contribution in [1.82, 2.24) is 0 Å². The van der Waals surface area contributed by atoms with Crippen molar-refractivity contribution in [2.75, 3.05) is 25.0 Å². The van der Waals surface area contributed by atoms with Crippen molar-refractivity contribution in [1.29, 1.82) is 0 Å². The molecule has 1 amide bonds. The minimum atomic E-state index is 0.0289. The second-order valence-electron chi connectivity index (χ2n) is 7.37. The maximum absolute atomic E-state index is 12.6. The number of rotatable bonds is 5. The molecule has 142 valence electrons. The van der Waals surface area contributed by atoms with E-state index in [1.54, 1.807) is 24.3 Å². The second kappa shape index (κ2) is 8.68. The molecule has 0 unspecified atom stereocenters. The molecule has 3 rings (SSSR count). The van der Waals surface area contributed by atoms with Crippen molar-refractivity contribution in [2.24, 2.45) is 5.92 Å². The van der Waals surface area contributed by atoms with Crippen LogP contribution < -0.4 is 10.2 Å². The van der Waals surface area contributed by atoms with E-state index in [9.17, 15) is 9.59 Å². The number of aryl methyl sites for hydroxylation is 1. The van der Waals surface area contributed by atoms with E-state index < -0.39 is 0 Å². The second-order valence-corrected chi connectivity index (χ2v) is 7.80. The summed E-state index contributed by atoms with van der Waals surface area (Å²) in [6, 6.07) is 13.0. The fourth-order valence-corrected chi connectivity index (χ4v) is 3.75. The van der Waals surface area contributed by atoms with Gasteiger partial charge in [0, 0.05) is 35.0 Å². The number of carbonyl (C=O) groups is 2. The normalized spacial score (nSPS) is 19.5. The highest BCUT2D eigenvalue weighted by Crippen LogP contribution is 2.19. The van der Waals surface area contributed by atoms with Gasteiger partial charge >= 0.3 is 0 Å². The Kier molecular flexibility index (Phi) is 6.30. The summed E-state index contributed by atoms with van der Waals surface area (Å²) in [6.45, 7) is 6.17. The average molecular weight is 386 g/mol. The summed E-state index contributed by atoms with van der Waals surface area (Å²) in [6.07, 6.45) is 1.63. The lowest BCUT2D eigenvalue weighted by atomic mass is 9.89. The Morgan fingerprint density at radius 1 is 1.07 bits per heavy atom. The predicted octanol–water partition coefficient (Wildman–Crippen LogP) is 3.07. The molecule has 0 aromatic heterocycles. The molecule has 1 aliphatic rings. The number of quaternary nitrogens is 1. The Labute approximate surface area is 165 Å². The van der Waals surface area contributed by atoms with Crippen molar-refractivity contribution in [3.63, 3.8) is 0 Å². The molecular formula is C22H26ClN2O2+. The number of anilines is 1. The molecule has 1 heterocycles. The van der Waals surface area contributed by atoms with Crippen LogP contribution >= 0.6 is 11.6 Å². The largest absolute Gasteiger partial charge is 0.327 e. The zero-order valence-corrected chi connectivity index (χ0v) is 16.6. The zero-order chi connectivity index (χ0) is 19.4. The molecule has 1 saturated heterocycles. The molecule has 0 bridgehead atoms. The van der Waals surface area contributed by atoms with Gasteiger partial charge in [-0.15, -0.1) is 0 Å². The smallest absolute Gasteiger partial charge is 0.279 e. The molecule has 0 radical (unpaired) electrons. The summed E-state index contributed by atoms with van der Waals surface area (Å²) in [7, 11) is 0. The van der Waals surface area contributed by atoms with Gasteiger partial charge < -0.3 is 10.2 Å². The third kappa shape index (κ3) is 4.96. The van der Waals surface area contributed by atoms with Gasteiger partial charge in [-0.3, -0.25) is 9.59 Å². The molecule has 0 aliphatic carbocycles. The summed E-state index contributed by atoms with van der Waals surface area (Å²) in [5.41, 5.74) is 3.88. The summed E-state index contributed by atoms with van der Waals surface area (Å²) in [5.74, 6) is 0.253. The lowest BCUT2D eigenvalue weighted by Gasteiger charge is -2.28. The van der Waals surface area contributed by atoms with Crippen LogP contribution in [0.3, 0.4) is 0 Å². The van der Waals surface area contributed by atoms with Gasteiger partial charge in [0.05, 0.1) is 13.1 Å². The number of halogens is 1. The summed E-state index contributed by atoms with van der Waals surface area (Å²) >= 11 is 5.89. The van der Waals surface area contributed by atoms with Crippen molar-refractivity contribution in [3.8, 4) is 0 Å². The third-order valence-electron chi connectivity index (χ3n) is 5.48. The fourth-order valence-electron chi connectivity index (χ4n) is 3.62. The Morgan fingerprint density at radius 3 is 2.41 bits per heavy atom. The Hall–Kier alpha value is -2.17. The Bertz CT molecular complexity index is 825. The fraction of sp³-hybridized carbons (Fsp3) is 0.364. The lowest BCUT2D eigenvalue weighted by Crippen LogP contribution is -3.14. The molecule has 1 aliphatic heterocycles. The van der Waals surface area contributed by atoms with Crippen molar-refractivity contribution in [3.05, 3.63) is 64.2 Å². The van der Waals surface area contributed by atoms with Gasteiger partial charge in [0.25, 0.3) is 5.91 Å². The molecule has 2 N–H and O–H groups in total. The molecule has 0 saturated carbocycles. The summed E-state index contributed by atoms with van der Waals surface area (Å²) < 4.78 is 0. The van der Waals surface area contributed by atoms with E-state index in [0.29, 0.717) is 11.6 Å². The number of likely N-dealkylation sites (tertiary alicyclic amines) is 1. The van der Waals surface area contributed by atoms with Crippen molar-refractivity contribution >= 4 is 29.0 Å². The maximum atomic E-state index is 12.6. The molecular weight excluding hydrogens is 360 g/mol. The number of hydrogen-bond acceptors (Lipinski definition) is 2. The number of hydrogen-bond donors (Lipinski definition) is 2. The number of ketones is 1. The number of amides is 1. The number of nitrogens with one attached hydrogen (secondary N) is 2. The van der Waals surface area contributed by atoms with Gasteiger partial charge in [0.15, 0.2) is 12.3 Å². The van der Waals surface area contributed by atoms with Gasteiger partial charge in [0.2, 0.25) is 0 Å². The van der Waals surface area contributed by atoms with Gasteiger partial charge in [-0.1, -0.05) is 23.7 Å². The van der Waals surface area contributed by atoms with Crippen molar-refractivity contribution < 1.29 is 14.5 Å². The van der Waals surface area contributed by atoms with Gasteiger partial charge in [-0.05, 0) is 55.3 Å². The lowest BCUT2D eigenvalue weighted by molar-refractivity contribution is -0.897. The molecule has 2 aromatic carbocycles. The number of piperidine rings is 1. The number of benzene rings is 2. The Morgan fingerprint density at radius 2 is 1.74 bits per heavy atom. The first-order valence-electron chi connectivity index (χ1n) is 9.43. The van der Waals surface area contributed by atoms with E-state index in [1.807, 2.05) is 32.0 Å². The van der Waals surface area contributed by atoms with E-state index >= 15 is 0 Å². The minimum Gasteiger partial charge on any atom is -0.327 e. The molecule has 2 aromatic rings. The van der Waals surface area contributed by atoms with Gasteiger partial charge in [-0.25, -0.2) is 0 Å². The first-order chi connectivity index (χ1) is 12.9. The highest BCUT2D eigenvalue weighted by Gasteiger charge is 2.29. The summed E-state index contributed by atoms with van der Waals surface area (Å²) in [5, 5.41) is 3.66. The van der Waals surface area contributed by atoms with Crippen LogP contribution in [0.4, 0.5) is 5.69 Å². The summed E-state index contributed by atoms with van der Waals surface area (Å²) in [4.78, 5) is 26.3. The van der Waals surface area contributed by atoms with Crippen molar-refractivity contribution in [2.45, 2.75) is 26.7 Å². The van der Waals surface area contributed by atoms with Crippen LogP contribution in [0.5, 0.6) is 0 Å². The highest BCUT2D eigenvalue weighted by atomic mass is 35.5. The van der Waals surface area contributed by atoms with E-state index in [4.69, 9.17) is 11.6 Å². The van der Waals surface area contributed by atoms with E-state index in [-0.39, 0.29) is 17.6 Å². The van der Waals surface area contributed by atoms with Crippen LogP contribution in [0.1, 0.15) is 34.3 Å². The molecule has 5 heteroatoms. The number of Topliss-reactive ketones (excluding diaryl/α,β-unsaturated/α-hetero) is 1. The van der Waals surface area contributed by atoms with E-state index in [1.165, 1.54) is 10.5 Å². The van der Waals surface area contributed by atoms with E-state index in [2.05, 4.69) is 5.32 Å². The molecule has 27 heavy (non-hydrogen) atoms. The maximum Gasteiger partial charge on any atom is 0.279 e. The van der Waals surface area contributed by atoms with Gasteiger partial charge in [-0.2, -0.15) is 0 Å². The highest BCUT2D eigenvalue weighted by molar-refractivity contribution is 6.30. The number of carbonyl (C=O) groups excluding carboxylic acids is 2. The zero-order valence-electron chi connectivity index (χ0n) is 15.8. The average Bonchev–Trinajstić information content (AvgIpc) is 2.66. The van der Waals surface area contributed by atoms with Gasteiger partial charge in [0.1, 0.15) is 0 Å². The van der Waals surface area contributed by atoms with Crippen LogP contribution in [-0.4, -0.2) is 31.3 Å². The monoisotopic (exact) mass is 385 g/mol. The first kappa shape index (κ1) is 19.6. The topological polar surface area (TPSA) is 50.6 Å².